The molecule has 0 unspecified atom stereocenters. The van der Waals surface area contributed by atoms with Gasteiger partial charge in [0.05, 0.1) is 11.6 Å². The minimum Gasteiger partial charge on any atom is -0.478 e. The molecule has 22 heavy (non-hydrogen) atoms. The number of likely N-dealkylation sites (tertiary alicyclic amines) is 1. The Labute approximate surface area is 130 Å². The Bertz CT molecular complexity index is 527. The molecule has 1 atom stereocenters. The van der Waals surface area contributed by atoms with E-state index < -0.39 is 5.97 Å². The van der Waals surface area contributed by atoms with Gasteiger partial charge in [0.1, 0.15) is 6.61 Å². The van der Waals surface area contributed by atoms with Gasteiger partial charge in [0.15, 0.2) is 0 Å². The van der Waals surface area contributed by atoms with Crippen molar-refractivity contribution in [2.24, 2.45) is 5.92 Å². The maximum absolute atomic E-state index is 12.2. The van der Waals surface area contributed by atoms with E-state index in [-0.39, 0.29) is 17.5 Å². The minimum absolute atomic E-state index is 0.0761. The van der Waals surface area contributed by atoms with Crippen LogP contribution in [-0.4, -0.2) is 46.1 Å². The van der Waals surface area contributed by atoms with Crippen molar-refractivity contribution in [1.29, 1.82) is 0 Å². The largest absolute Gasteiger partial charge is 0.478 e. The van der Waals surface area contributed by atoms with Crippen LogP contribution in [0, 0.1) is 5.92 Å². The van der Waals surface area contributed by atoms with Crippen LogP contribution >= 0.6 is 0 Å². The van der Waals surface area contributed by atoms with Crippen molar-refractivity contribution >= 4 is 11.9 Å². The van der Waals surface area contributed by atoms with Crippen molar-refractivity contribution in [3.8, 4) is 5.88 Å². The number of hydrogen-bond donors (Lipinski definition) is 1. The highest BCUT2D eigenvalue weighted by molar-refractivity contribution is 5.87. The Hall–Kier alpha value is -2.11. The van der Waals surface area contributed by atoms with Crippen molar-refractivity contribution in [2.75, 3.05) is 13.2 Å². The van der Waals surface area contributed by atoms with E-state index in [2.05, 4.69) is 4.98 Å². The summed E-state index contributed by atoms with van der Waals surface area (Å²) in [5.74, 6) is -0.108. The van der Waals surface area contributed by atoms with Gasteiger partial charge in [-0.2, -0.15) is 0 Å². The molecule has 2 rings (SSSR count). The number of carbonyl (C=O) groups is 2. The van der Waals surface area contributed by atoms with Gasteiger partial charge >= 0.3 is 5.97 Å². The molecule has 1 fully saturated rings. The lowest BCUT2D eigenvalue weighted by Gasteiger charge is -2.25. The van der Waals surface area contributed by atoms with E-state index >= 15 is 0 Å². The molecule has 1 amide bonds. The molecule has 1 N–H and O–H groups in total. The van der Waals surface area contributed by atoms with Gasteiger partial charge < -0.3 is 14.7 Å². The van der Waals surface area contributed by atoms with E-state index in [1.807, 2.05) is 18.7 Å². The minimum atomic E-state index is -1.01. The van der Waals surface area contributed by atoms with E-state index in [1.54, 1.807) is 6.07 Å². The Kier molecular flexibility index (Phi) is 5.35. The van der Waals surface area contributed by atoms with Gasteiger partial charge in [-0.15, -0.1) is 0 Å². The summed E-state index contributed by atoms with van der Waals surface area (Å²) in [6.45, 7) is 5.25. The predicted molar refractivity (Wildman–Crippen MR) is 80.9 cm³/mol. The molecular formula is C16H22N2O4. The number of rotatable bonds is 6. The van der Waals surface area contributed by atoms with Gasteiger partial charge in [-0.05, 0) is 24.8 Å². The summed E-state index contributed by atoms with van der Waals surface area (Å²) in [6.07, 6.45) is 3.75. The van der Waals surface area contributed by atoms with Crippen LogP contribution in [0.25, 0.3) is 0 Å². The number of carboxylic acid groups (broad SMARTS) is 1. The maximum atomic E-state index is 12.2. The number of amides is 1. The second-order valence-electron chi connectivity index (χ2n) is 5.98. The summed E-state index contributed by atoms with van der Waals surface area (Å²) in [6, 6.07) is 3.08. The second kappa shape index (κ2) is 7.24. The van der Waals surface area contributed by atoms with Crippen molar-refractivity contribution in [3.63, 3.8) is 0 Å². The van der Waals surface area contributed by atoms with E-state index in [4.69, 9.17) is 9.84 Å². The lowest BCUT2D eigenvalue weighted by molar-refractivity contribution is -0.133. The van der Waals surface area contributed by atoms with Crippen LogP contribution in [-0.2, 0) is 4.79 Å². The first-order chi connectivity index (χ1) is 10.5. The summed E-state index contributed by atoms with van der Waals surface area (Å²) in [7, 11) is 0. The number of pyridine rings is 1. The van der Waals surface area contributed by atoms with Crippen LogP contribution < -0.4 is 4.74 Å². The Morgan fingerprint density at radius 3 is 2.82 bits per heavy atom. The Morgan fingerprint density at radius 1 is 1.45 bits per heavy atom. The zero-order valence-corrected chi connectivity index (χ0v) is 13.0. The smallest absolute Gasteiger partial charge is 0.337 e. The van der Waals surface area contributed by atoms with Crippen molar-refractivity contribution in [1.82, 2.24) is 9.88 Å². The summed E-state index contributed by atoms with van der Waals surface area (Å²) in [4.78, 5) is 28.8. The molecule has 0 saturated carbocycles. The lowest BCUT2D eigenvalue weighted by atomic mass is 10.1. The third-order valence-electron chi connectivity index (χ3n) is 3.69. The summed E-state index contributed by atoms with van der Waals surface area (Å²) >= 11 is 0. The number of aromatic nitrogens is 1. The quantitative estimate of drug-likeness (QED) is 0.871. The molecule has 0 aliphatic carbocycles. The molecule has 2 heterocycles. The third-order valence-corrected chi connectivity index (χ3v) is 3.69. The monoisotopic (exact) mass is 306 g/mol. The number of ether oxygens (including phenoxy) is 1. The van der Waals surface area contributed by atoms with Crippen molar-refractivity contribution < 1.29 is 19.4 Å². The van der Waals surface area contributed by atoms with Crippen LogP contribution in [0.15, 0.2) is 18.3 Å². The van der Waals surface area contributed by atoms with E-state index in [9.17, 15) is 9.59 Å². The first-order valence-electron chi connectivity index (χ1n) is 7.59. The fourth-order valence-corrected chi connectivity index (χ4v) is 2.58. The highest BCUT2D eigenvalue weighted by atomic mass is 16.5. The number of nitrogens with zero attached hydrogens (tertiary/aromatic N) is 2. The maximum Gasteiger partial charge on any atom is 0.337 e. The molecule has 0 radical (unpaired) electrons. The molecule has 6 nitrogen and oxygen atoms in total. The predicted octanol–water partition coefficient (Wildman–Crippen LogP) is 2.20. The van der Waals surface area contributed by atoms with Crippen molar-refractivity contribution in [3.05, 3.63) is 23.9 Å². The average molecular weight is 306 g/mol. The topological polar surface area (TPSA) is 79.7 Å². The summed E-state index contributed by atoms with van der Waals surface area (Å²) in [5.41, 5.74) is 0.127. The molecule has 1 aliphatic heterocycles. The van der Waals surface area contributed by atoms with Crippen LogP contribution in [0.5, 0.6) is 5.88 Å². The fraction of sp³-hybridized carbons (Fsp3) is 0.562. The standard InChI is InChI=1S/C16H22N2O4/c1-11(2)8-15(19)18-7-3-4-13(18)10-22-14-6-5-12(9-17-14)16(20)21/h5-6,9,11,13H,3-4,7-8,10H2,1-2H3,(H,20,21)/t13-/m0/s1. The molecule has 0 spiro atoms. The normalized spacial score (nSPS) is 17.8. The molecule has 0 aromatic carbocycles. The van der Waals surface area contributed by atoms with Crippen LogP contribution in [0.1, 0.15) is 43.5 Å². The van der Waals surface area contributed by atoms with Gasteiger partial charge in [0.25, 0.3) is 0 Å². The molecule has 120 valence electrons. The SMILES string of the molecule is CC(C)CC(=O)N1CCC[C@H]1COc1ccc(C(=O)O)cn1. The third kappa shape index (κ3) is 4.19. The second-order valence-corrected chi connectivity index (χ2v) is 5.98. The van der Waals surface area contributed by atoms with E-state index in [0.29, 0.717) is 24.8 Å². The zero-order valence-electron chi connectivity index (χ0n) is 13.0. The molecule has 1 aliphatic rings. The van der Waals surface area contributed by atoms with Gasteiger partial charge in [-0.25, -0.2) is 9.78 Å². The highest BCUT2D eigenvalue weighted by Crippen LogP contribution is 2.20. The Morgan fingerprint density at radius 2 is 2.23 bits per heavy atom. The number of carbonyl (C=O) groups excluding carboxylic acids is 1. The van der Waals surface area contributed by atoms with Gasteiger partial charge in [-0.1, -0.05) is 13.8 Å². The Balaban J connectivity index is 1.89. The molecule has 6 heteroatoms. The van der Waals surface area contributed by atoms with Gasteiger partial charge in [-0.3, -0.25) is 4.79 Å². The van der Waals surface area contributed by atoms with Crippen LogP contribution in [0.4, 0.5) is 0 Å². The summed E-state index contributed by atoms with van der Waals surface area (Å²) in [5, 5.41) is 8.82. The molecule has 1 aromatic heterocycles. The first-order valence-corrected chi connectivity index (χ1v) is 7.59. The molecule has 1 saturated heterocycles. The zero-order chi connectivity index (χ0) is 16.1. The van der Waals surface area contributed by atoms with Gasteiger partial charge in [0, 0.05) is 25.2 Å². The van der Waals surface area contributed by atoms with Crippen LogP contribution in [0.3, 0.4) is 0 Å². The molecule has 1 aromatic rings. The highest BCUT2D eigenvalue weighted by Gasteiger charge is 2.29. The summed E-state index contributed by atoms with van der Waals surface area (Å²) < 4.78 is 5.61. The molecule has 0 bridgehead atoms. The van der Waals surface area contributed by atoms with Crippen molar-refractivity contribution in [2.45, 2.75) is 39.2 Å². The average Bonchev–Trinajstić information content (AvgIpc) is 2.93. The molecular weight excluding hydrogens is 284 g/mol. The van der Waals surface area contributed by atoms with Crippen LogP contribution in [0.2, 0.25) is 0 Å². The number of aromatic carboxylic acids is 1. The number of hydrogen-bond acceptors (Lipinski definition) is 4. The lowest BCUT2D eigenvalue weighted by Crippen LogP contribution is -2.39. The first kappa shape index (κ1) is 16.3. The van der Waals surface area contributed by atoms with Gasteiger partial charge in [0.2, 0.25) is 11.8 Å². The fourth-order valence-electron chi connectivity index (χ4n) is 2.58. The van der Waals surface area contributed by atoms with E-state index in [1.165, 1.54) is 12.3 Å². The van der Waals surface area contributed by atoms with E-state index in [0.717, 1.165) is 19.4 Å². The number of carboxylic acids is 1.